The first-order chi connectivity index (χ1) is 12.0. The molecule has 2 aliphatic heterocycles. The number of amides is 1. The van der Waals surface area contributed by atoms with Gasteiger partial charge >= 0.3 is 0 Å². The van der Waals surface area contributed by atoms with E-state index in [-0.39, 0.29) is 11.8 Å². The second-order valence-corrected chi connectivity index (χ2v) is 9.95. The summed E-state index contributed by atoms with van der Waals surface area (Å²) in [6.07, 6.45) is 9.04. The Kier molecular flexibility index (Phi) is 6.39. The summed E-state index contributed by atoms with van der Waals surface area (Å²) in [5, 5.41) is 3.24. The highest BCUT2D eigenvalue weighted by atomic mass is 32.2. The second-order valence-electron chi connectivity index (χ2n) is 8.02. The molecule has 25 heavy (non-hydrogen) atoms. The maximum Gasteiger partial charge on any atom is 0.281 e. The topological polar surface area (TPSA) is 69.7 Å². The summed E-state index contributed by atoms with van der Waals surface area (Å²) in [4.78, 5) is 12.6. The number of hydrogen-bond acceptors (Lipinski definition) is 3. The number of nitrogens with zero attached hydrogens (tertiary/aromatic N) is 2. The lowest BCUT2D eigenvalue weighted by Crippen LogP contribution is -2.51. The SMILES string of the molecule is CC1CCCCC1NC(=O)C1CCN(S(=O)(=O)N2CCCCC2)CC1. The summed E-state index contributed by atoms with van der Waals surface area (Å²) in [5.74, 6) is 0.646. The molecule has 1 amide bonds. The molecule has 0 spiro atoms. The summed E-state index contributed by atoms with van der Waals surface area (Å²) >= 11 is 0. The molecular weight excluding hydrogens is 338 g/mol. The first kappa shape index (κ1) is 19.1. The van der Waals surface area contributed by atoms with Crippen LogP contribution < -0.4 is 5.32 Å². The van der Waals surface area contributed by atoms with E-state index in [1.165, 1.54) is 19.3 Å². The minimum absolute atomic E-state index is 0.0399. The largest absolute Gasteiger partial charge is 0.353 e. The van der Waals surface area contributed by atoms with Crippen molar-refractivity contribution in [3.8, 4) is 0 Å². The van der Waals surface area contributed by atoms with Crippen LogP contribution in [0, 0.1) is 11.8 Å². The maximum atomic E-state index is 12.7. The lowest BCUT2D eigenvalue weighted by atomic mass is 9.85. The highest BCUT2D eigenvalue weighted by Gasteiger charge is 2.36. The lowest BCUT2D eigenvalue weighted by Gasteiger charge is -2.36. The fourth-order valence-electron chi connectivity index (χ4n) is 4.44. The van der Waals surface area contributed by atoms with E-state index in [9.17, 15) is 13.2 Å². The predicted octanol–water partition coefficient (Wildman–Crippen LogP) is 2.12. The van der Waals surface area contributed by atoms with E-state index in [0.29, 0.717) is 51.0 Å². The van der Waals surface area contributed by atoms with E-state index in [1.807, 2.05) is 0 Å². The molecule has 0 radical (unpaired) electrons. The first-order valence-corrected chi connectivity index (χ1v) is 11.4. The van der Waals surface area contributed by atoms with Crippen molar-refractivity contribution in [3.05, 3.63) is 0 Å². The van der Waals surface area contributed by atoms with Crippen molar-refractivity contribution in [2.24, 2.45) is 11.8 Å². The van der Waals surface area contributed by atoms with Crippen LogP contribution in [0.3, 0.4) is 0 Å². The van der Waals surface area contributed by atoms with Gasteiger partial charge in [0.05, 0.1) is 0 Å². The molecule has 6 nitrogen and oxygen atoms in total. The number of piperidine rings is 2. The summed E-state index contributed by atoms with van der Waals surface area (Å²) in [7, 11) is -3.34. The van der Waals surface area contributed by atoms with Crippen molar-refractivity contribution >= 4 is 16.1 Å². The van der Waals surface area contributed by atoms with E-state index in [1.54, 1.807) is 8.61 Å². The molecule has 0 aromatic carbocycles. The van der Waals surface area contributed by atoms with Crippen LogP contribution in [0.25, 0.3) is 0 Å². The van der Waals surface area contributed by atoms with Gasteiger partial charge in [0.25, 0.3) is 10.2 Å². The van der Waals surface area contributed by atoms with Crippen molar-refractivity contribution in [2.75, 3.05) is 26.2 Å². The molecule has 7 heteroatoms. The fraction of sp³-hybridized carbons (Fsp3) is 0.944. The Bertz CT molecular complexity index is 552. The third kappa shape index (κ3) is 4.55. The average molecular weight is 372 g/mol. The number of nitrogens with one attached hydrogen (secondary N) is 1. The molecule has 0 aromatic rings. The Morgan fingerprint density at radius 2 is 1.44 bits per heavy atom. The molecule has 3 aliphatic rings. The molecule has 3 rings (SSSR count). The minimum Gasteiger partial charge on any atom is -0.353 e. The third-order valence-corrected chi connectivity index (χ3v) is 8.27. The van der Waals surface area contributed by atoms with E-state index in [4.69, 9.17) is 0 Å². The normalized spacial score (nSPS) is 30.9. The van der Waals surface area contributed by atoms with E-state index >= 15 is 0 Å². The van der Waals surface area contributed by atoms with Crippen LogP contribution in [0.1, 0.15) is 64.7 Å². The molecule has 0 bridgehead atoms. The van der Waals surface area contributed by atoms with E-state index in [0.717, 1.165) is 25.7 Å². The smallest absolute Gasteiger partial charge is 0.281 e. The Labute approximate surface area is 152 Å². The van der Waals surface area contributed by atoms with Gasteiger partial charge in [-0.3, -0.25) is 4.79 Å². The van der Waals surface area contributed by atoms with E-state index < -0.39 is 10.2 Å². The van der Waals surface area contributed by atoms with Crippen LogP contribution in [-0.4, -0.2) is 55.2 Å². The van der Waals surface area contributed by atoms with Crippen molar-refractivity contribution in [3.63, 3.8) is 0 Å². The zero-order valence-electron chi connectivity index (χ0n) is 15.5. The van der Waals surface area contributed by atoms with Gasteiger partial charge in [0.2, 0.25) is 5.91 Å². The Balaban J connectivity index is 1.50. The van der Waals surface area contributed by atoms with E-state index in [2.05, 4.69) is 12.2 Å². The Hall–Kier alpha value is -0.660. The van der Waals surface area contributed by atoms with Gasteiger partial charge in [-0.1, -0.05) is 26.2 Å². The molecule has 1 N–H and O–H groups in total. The first-order valence-electron chi connectivity index (χ1n) is 10.0. The fourth-order valence-corrected chi connectivity index (χ4v) is 6.16. The summed E-state index contributed by atoms with van der Waals surface area (Å²) in [6, 6.07) is 0.302. The second kappa shape index (κ2) is 8.35. The molecule has 0 aromatic heterocycles. The molecule has 2 heterocycles. The van der Waals surface area contributed by atoms with Crippen LogP contribution in [0.15, 0.2) is 0 Å². The highest BCUT2D eigenvalue weighted by Crippen LogP contribution is 2.26. The van der Waals surface area contributed by atoms with Crippen molar-refractivity contribution in [1.82, 2.24) is 13.9 Å². The average Bonchev–Trinajstić information content (AvgIpc) is 2.64. The lowest BCUT2D eigenvalue weighted by molar-refractivity contribution is -0.127. The van der Waals surface area contributed by atoms with Crippen LogP contribution in [0.2, 0.25) is 0 Å². The highest BCUT2D eigenvalue weighted by molar-refractivity contribution is 7.86. The molecule has 3 fully saturated rings. The Morgan fingerprint density at radius 3 is 2.08 bits per heavy atom. The number of rotatable bonds is 4. The minimum atomic E-state index is -3.34. The van der Waals surface area contributed by atoms with Crippen molar-refractivity contribution in [1.29, 1.82) is 0 Å². The number of carbonyl (C=O) groups excluding carboxylic acids is 1. The number of hydrogen-bond donors (Lipinski definition) is 1. The van der Waals surface area contributed by atoms with Gasteiger partial charge in [-0.25, -0.2) is 0 Å². The van der Waals surface area contributed by atoms with Crippen LogP contribution >= 0.6 is 0 Å². The van der Waals surface area contributed by atoms with Crippen LogP contribution in [-0.2, 0) is 15.0 Å². The molecule has 2 unspecified atom stereocenters. The molecule has 144 valence electrons. The van der Waals surface area contributed by atoms with Crippen molar-refractivity contribution < 1.29 is 13.2 Å². The predicted molar refractivity (Wildman–Crippen MR) is 98.2 cm³/mol. The van der Waals surface area contributed by atoms with Gasteiger partial charge in [0.1, 0.15) is 0 Å². The third-order valence-electron chi connectivity index (χ3n) is 6.23. The summed E-state index contributed by atoms with van der Waals surface area (Å²) < 4.78 is 28.7. The van der Waals surface area contributed by atoms with Gasteiger partial charge in [0.15, 0.2) is 0 Å². The maximum absolute atomic E-state index is 12.7. The van der Waals surface area contributed by atoms with Gasteiger partial charge in [0, 0.05) is 38.1 Å². The molecule has 1 saturated carbocycles. The zero-order chi connectivity index (χ0) is 17.9. The molecule has 2 atom stereocenters. The van der Waals surface area contributed by atoms with Gasteiger partial charge in [-0.15, -0.1) is 0 Å². The molecule has 2 saturated heterocycles. The quantitative estimate of drug-likeness (QED) is 0.823. The standard InChI is InChI=1S/C18H33N3O3S/c1-15-7-3-4-8-17(15)19-18(22)16-9-13-21(14-10-16)25(23,24)20-11-5-2-6-12-20/h15-17H,2-14H2,1H3,(H,19,22). The monoisotopic (exact) mass is 371 g/mol. The van der Waals surface area contributed by atoms with Gasteiger partial charge in [-0.05, 0) is 44.4 Å². The van der Waals surface area contributed by atoms with Crippen LogP contribution in [0.5, 0.6) is 0 Å². The summed E-state index contributed by atoms with van der Waals surface area (Å²) in [6.45, 7) is 4.44. The Morgan fingerprint density at radius 1 is 0.840 bits per heavy atom. The summed E-state index contributed by atoms with van der Waals surface area (Å²) in [5.41, 5.74) is 0. The van der Waals surface area contributed by atoms with Crippen molar-refractivity contribution in [2.45, 2.75) is 70.8 Å². The van der Waals surface area contributed by atoms with Gasteiger partial charge in [-0.2, -0.15) is 17.0 Å². The molecule has 1 aliphatic carbocycles. The zero-order valence-corrected chi connectivity index (χ0v) is 16.3. The molecular formula is C18H33N3O3S. The van der Waals surface area contributed by atoms with Gasteiger partial charge < -0.3 is 5.32 Å². The number of carbonyl (C=O) groups is 1. The van der Waals surface area contributed by atoms with Crippen LogP contribution in [0.4, 0.5) is 0 Å².